The van der Waals surface area contributed by atoms with Crippen LogP contribution in [0.4, 0.5) is 0 Å². The van der Waals surface area contributed by atoms with E-state index >= 15 is 0 Å². The molecule has 3 heteroatoms. The average Bonchev–Trinajstić information content (AvgIpc) is 2.71. The maximum atomic E-state index is 9.37. The van der Waals surface area contributed by atoms with E-state index in [-0.39, 0.29) is 5.92 Å². The van der Waals surface area contributed by atoms with E-state index in [0.29, 0.717) is 0 Å². The summed E-state index contributed by atoms with van der Waals surface area (Å²) < 4.78 is 0. The van der Waals surface area contributed by atoms with Crippen LogP contribution in [0.15, 0.2) is 0 Å². The molecule has 1 aliphatic heterocycles. The topological polar surface area (TPSA) is 45.3 Å². The van der Waals surface area contributed by atoms with Crippen LogP contribution in [-0.2, 0) is 9.78 Å². The molecule has 1 fully saturated rings. The highest BCUT2D eigenvalue weighted by molar-refractivity contribution is 4.70. The molecular formula is C8H16O3. The summed E-state index contributed by atoms with van der Waals surface area (Å²) in [5, 5.41) is 9.37. The monoisotopic (exact) mass is 160 g/mol. The van der Waals surface area contributed by atoms with Crippen LogP contribution in [0.25, 0.3) is 0 Å². The molecule has 1 unspecified atom stereocenters. The molecule has 1 heterocycles. The maximum absolute atomic E-state index is 9.37. The Bertz CT molecular complexity index is 121. The molecule has 0 aliphatic carbocycles. The Morgan fingerprint density at radius 2 is 2.00 bits per heavy atom. The fourth-order valence-corrected chi connectivity index (χ4v) is 1.27. The van der Waals surface area contributed by atoms with Crippen LogP contribution in [0.2, 0.25) is 0 Å². The zero-order valence-electron chi connectivity index (χ0n) is 7.17. The van der Waals surface area contributed by atoms with E-state index in [9.17, 15) is 5.11 Å². The Balaban J connectivity index is 2.25. The fourth-order valence-electron chi connectivity index (χ4n) is 1.27. The van der Waals surface area contributed by atoms with Crippen LogP contribution in [0.5, 0.6) is 0 Å². The van der Waals surface area contributed by atoms with Gasteiger partial charge in [0.25, 0.3) is 0 Å². The van der Waals surface area contributed by atoms with Gasteiger partial charge in [0.05, 0.1) is 0 Å². The minimum atomic E-state index is -1.23. The van der Waals surface area contributed by atoms with Crippen molar-refractivity contribution in [3.63, 3.8) is 0 Å². The molecule has 0 spiro atoms. The molecule has 0 saturated carbocycles. The summed E-state index contributed by atoms with van der Waals surface area (Å²) in [6.07, 6.45) is 4.14. The minimum absolute atomic E-state index is 0.141. The predicted octanol–water partition coefficient (Wildman–Crippen LogP) is 1.81. The first-order valence-electron chi connectivity index (χ1n) is 4.32. The Labute approximate surface area is 67.2 Å². The van der Waals surface area contributed by atoms with Gasteiger partial charge in [-0.05, 0) is 12.8 Å². The van der Waals surface area contributed by atoms with Gasteiger partial charge in [-0.1, -0.05) is 26.7 Å². The van der Waals surface area contributed by atoms with Gasteiger partial charge in [0.2, 0.25) is 0 Å². The van der Waals surface area contributed by atoms with Crippen LogP contribution in [0, 0.1) is 5.92 Å². The van der Waals surface area contributed by atoms with Crippen molar-refractivity contribution < 1.29 is 14.9 Å². The molecule has 1 atom stereocenters. The van der Waals surface area contributed by atoms with Gasteiger partial charge in [-0.25, -0.2) is 0 Å². The zero-order valence-corrected chi connectivity index (χ0v) is 7.17. The Morgan fingerprint density at radius 1 is 1.36 bits per heavy atom. The first-order valence-corrected chi connectivity index (χ1v) is 4.32. The van der Waals surface area contributed by atoms with Crippen LogP contribution in [0.3, 0.4) is 0 Å². The summed E-state index contributed by atoms with van der Waals surface area (Å²) in [6.45, 7) is 4.16. The van der Waals surface area contributed by atoms with Gasteiger partial charge in [-0.2, -0.15) is 9.78 Å². The van der Waals surface area contributed by atoms with E-state index in [2.05, 4.69) is 16.7 Å². The van der Waals surface area contributed by atoms with Gasteiger partial charge < -0.3 is 5.11 Å². The molecule has 0 radical (unpaired) electrons. The lowest BCUT2D eigenvalue weighted by molar-refractivity contribution is -0.0342. The largest absolute Gasteiger partial charge is 0.340 e. The van der Waals surface area contributed by atoms with E-state index in [0.717, 1.165) is 25.7 Å². The van der Waals surface area contributed by atoms with E-state index < -0.39 is 5.97 Å². The average molecular weight is 160 g/mol. The van der Waals surface area contributed by atoms with Crippen molar-refractivity contribution in [2.75, 3.05) is 0 Å². The SMILES string of the molecule is CCCCC(CC)C1(O)OO1. The van der Waals surface area contributed by atoms with Gasteiger partial charge >= 0.3 is 5.97 Å². The zero-order chi connectivity index (χ0) is 8.32. The molecule has 66 valence electrons. The van der Waals surface area contributed by atoms with Crippen molar-refractivity contribution in [3.8, 4) is 0 Å². The number of rotatable bonds is 5. The molecule has 1 saturated heterocycles. The lowest BCUT2D eigenvalue weighted by Gasteiger charge is -2.12. The van der Waals surface area contributed by atoms with Gasteiger partial charge in [-0.15, -0.1) is 0 Å². The van der Waals surface area contributed by atoms with E-state index in [1.165, 1.54) is 0 Å². The van der Waals surface area contributed by atoms with E-state index in [1.54, 1.807) is 0 Å². The lowest BCUT2D eigenvalue weighted by Crippen LogP contribution is -2.22. The van der Waals surface area contributed by atoms with Crippen LogP contribution >= 0.6 is 0 Å². The standard InChI is InChI=1S/C8H16O3/c1-3-5-6-7(4-2)8(9)10-11-8/h7,9H,3-6H2,1-2H3. The molecule has 1 aliphatic rings. The van der Waals surface area contributed by atoms with E-state index in [1.807, 2.05) is 6.92 Å². The summed E-state index contributed by atoms with van der Waals surface area (Å²) in [6, 6.07) is 0. The molecule has 0 amide bonds. The van der Waals surface area contributed by atoms with Crippen LogP contribution < -0.4 is 0 Å². The fraction of sp³-hybridized carbons (Fsp3) is 1.00. The molecular weight excluding hydrogens is 144 g/mol. The first kappa shape index (κ1) is 8.97. The van der Waals surface area contributed by atoms with Gasteiger partial charge in [-0.3, -0.25) is 0 Å². The van der Waals surface area contributed by atoms with Crippen molar-refractivity contribution >= 4 is 0 Å². The summed E-state index contributed by atoms with van der Waals surface area (Å²) in [5.74, 6) is -1.09. The molecule has 1 N–H and O–H groups in total. The van der Waals surface area contributed by atoms with Gasteiger partial charge in [0.15, 0.2) is 0 Å². The number of aliphatic hydroxyl groups is 1. The molecule has 3 nitrogen and oxygen atoms in total. The summed E-state index contributed by atoms with van der Waals surface area (Å²) in [4.78, 5) is 9.00. The van der Waals surface area contributed by atoms with Crippen LogP contribution in [0.1, 0.15) is 39.5 Å². The Morgan fingerprint density at radius 3 is 2.36 bits per heavy atom. The van der Waals surface area contributed by atoms with Crippen molar-refractivity contribution in [2.24, 2.45) is 5.92 Å². The number of unbranched alkanes of at least 4 members (excludes halogenated alkanes) is 1. The predicted molar refractivity (Wildman–Crippen MR) is 40.4 cm³/mol. The second kappa shape index (κ2) is 3.52. The van der Waals surface area contributed by atoms with Crippen molar-refractivity contribution in [1.82, 2.24) is 0 Å². The molecule has 0 aromatic carbocycles. The maximum Gasteiger partial charge on any atom is 0.340 e. The third-order valence-corrected chi connectivity index (χ3v) is 2.17. The minimum Gasteiger partial charge on any atom is -0.339 e. The second-order valence-electron chi connectivity index (χ2n) is 3.04. The highest BCUT2D eigenvalue weighted by atomic mass is 17.4. The third-order valence-electron chi connectivity index (χ3n) is 2.17. The van der Waals surface area contributed by atoms with Crippen LogP contribution in [-0.4, -0.2) is 11.1 Å². The highest BCUT2D eigenvalue weighted by Gasteiger charge is 2.53. The Hall–Kier alpha value is -0.120. The molecule has 11 heavy (non-hydrogen) atoms. The van der Waals surface area contributed by atoms with Gasteiger partial charge in [0.1, 0.15) is 0 Å². The number of hydrogen-bond acceptors (Lipinski definition) is 3. The normalized spacial score (nSPS) is 23.2. The van der Waals surface area contributed by atoms with Crippen molar-refractivity contribution in [1.29, 1.82) is 0 Å². The highest BCUT2D eigenvalue weighted by Crippen LogP contribution is 2.38. The molecule has 0 aromatic rings. The second-order valence-corrected chi connectivity index (χ2v) is 3.04. The Kier molecular flexibility index (Phi) is 2.87. The summed E-state index contributed by atoms with van der Waals surface area (Å²) in [5.41, 5.74) is 0. The third kappa shape index (κ3) is 2.15. The van der Waals surface area contributed by atoms with Crippen molar-refractivity contribution in [3.05, 3.63) is 0 Å². The summed E-state index contributed by atoms with van der Waals surface area (Å²) >= 11 is 0. The molecule has 0 aromatic heterocycles. The number of hydrogen-bond donors (Lipinski definition) is 1. The smallest absolute Gasteiger partial charge is 0.339 e. The van der Waals surface area contributed by atoms with Crippen molar-refractivity contribution in [2.45, 2.75) is 45.5 Å². The first-order chi connectivity index (χ1) is 5.23. The van der Waals surface area contributed by atoms with E-state index in [4.69, 9.17) is 0 Å². The molecule has 0 bridgehead atoms. The van der Waals surface area contributed by atoms with Gasteiger partial charge in [0, 0.05) is 5.92 Å². The molecule has 1 rings (SSSR count). The quantitative estimate of drug-likeness (QED) is 0.492. The summed E-state index contributed by atoms with van der Waals surface area (Å²) in [7, 11) is 0. The lowest BCUT2D eigenvalue weighted by atomic mass is 9.98.